The molecule has 0 aliphatic carbocycles. The third kappa shape index (κ3) is 1.95. The molecule has 2 atom stereocenters. The van der Waals surface area contributed by atoms with Crippen LogP contribution in [0.5, 0.6) is 0 Å². The van der Waals surface area contributed by atoms with Gasteiger partial charge in [0.05, 0.1) is 11.9 Å². The Labute approximate surface area is 106 Å². The van der Waals surface area contributed by atoms with Gasteiger partial charge in [-0.15, -0.1) is 10.2 Å². The quantitative estimate of drug-likeness (QED) is 0.790. The molecule has 0 radical (unpaired) electrons. The van der Waals surface area contributed by atoms with Crippen LogP contribution in [0.4, 0.5) is 0 Å². The van der Waals surface area contributed by atoms with Gasteiger partial charge in [-0.3, -0.25) is 0 Å². The first-order valence-electron chi connectivity index (χ1n) is 6.39. The fourth-order valence-corrected chi connectivity index (χ4v) is 4.73. The Hall–Kier alpha value is -0.950. The largest absolute Gasteiger partial charge is 0.393 e. The number of sulfone groups is 1. The molecule has 0 spiro atoms. The molecule has 18 heavy (non-hydrogen) atoms. The zero-order valence-corrected chi connectivity index (χ0v) is 10.9. The van der Waals surface area contributed by atoms with Crippen LogP contribution in [0.2, 0.25) is 0 Å². The van der Waals surface area contributed by atoms with E-state index in [0.29, 0.717) is 37.5 Å². The average molecular weight is 271 g/mol. The first-order chi connectivity index (χ1) is 8.58. The van der Waals surface area contributed by atoms with Gasteiger partial charge in [-0.25, -0.2) is 8.42 Å². The standard InChI is InChI=1S/C11H17N3O3S/c15-8-4-5-14-10(7-8)12-13-11(14)9-3-1-2-6-18(9,16)17/h8-9,15H,1-7H2. The van der Waals surface area contributed by atoms with E-state index in [1.807, 2.05) is 4.57 Å². The molecule has 1 fully saturated rings. The van der Waals surface area contributed by atoms with E-state index in [-0.39, 0.29) is 11.9 Å². The summed E-state index contributed by atoms with van der Waals surface area (Å²) >= 11 is 0. The van der Waals surface area contributed by atoms with E-state index < -0.39 is 15.1 Å². The molecule has 2 aliphatic rings. The van der Waals surface area contributed by atoms with Crippen molar-refractivity contribution in [1.29, 1.82) is 0 Å². The van der Waals surface area contributed by atoms with Gasteiger partial charge >= 0.3 is 0 Å². The lowest BCUT2D eigenvalue weighted by molar-refractivity contribution is 0.141. The summed E-state index contributed by atoms with van der Waals surface area (Å²) in [5.41, 5.74) is 0. The molecule has 3 rings (SSSR count). The fraction of sp³-hybridized carbons (Fsp3) is 0.818. The molecule has 6 nitrogen and oxygen atoms in total. The zero-order chi connectivity index (χ0) is 12.8. The molecule has 3 heterocycles. The molecule has 0 amide bonds. The van der Waals surface area contributed by atoms with Crippen molar-refractivity contribution in [2.75, 3.05) is 5.75 Å². The number of aliphatic hydroxyl groups is 1. The maximum Gasteiger partial charge on any atom is 0.160 e. The number of rotatable bonds is 1. The molecule has 100 valence electrons. The Morgan fingerprint density at radius 1 is 1.22 bits per heavy atom. The third-order valence-corrected chi connectivity index (χ3v) is 6.00. The number of fused-ring (bicyclic) bond motifs is 1. The third-order valence-electron chi connectivity index (χ3n) is 3.83. The Balaban J connectivity index is 1.98. The first-order valence-corrected chi connectivity index (χ1v) is 8.11. The molecule has 1 aromatic heterocycles. The summed E-state index contributed by atoms with van der Waals surface area (Å²) < 4.78 is 26.1. The summed E-state index contributed by atoms with van der Waals surface area (Å²) in [6.07, 6.45) is 3.05. The van der Waals surface area contributed by atoms with Crippen LogP contribution >= 0.6 is 0 Å². The second kappa shape index (κ2) is 4.31. The lowest BCUT2D eigenvalue weighted by Crippen LogP contribution is -2.28. The van der Waals surface area contributed by atoms with Gasteiger partial charge in [-0.1, -0.05) is 6.42 Å². The molecule has 7 heteroatoms. The van der Waals surface area contributed by atoms with E-state index in [0.717, 1.165) is 12.8 Å². The monoisotopic (exact) mass is 271 g/mol. The van der Waals surface area contributed by atoms with Gasteiger partial charge in [0, 0.05) is 13.0 Å². The van der Waals surface area contributed by atoms with Crippen LogP contribution in [0.25, 0.3) is 0 Å². The van der Waals surface area contributed by atoms with Crippen molar-refractivity contribution in [3.8, 4) is 0 Å². The minimum Gasteiger partial charge on any atom is -0.393 e. The normalized spacial score (nSPS) is 30.9. The summed E-state index contributed by atoms with van der Waals surface area (Å²) in [5.74, 6) is 1.55. The van der Waals surface area contributed by atoms with Crippen LogP contribution in [-0.4, -0.2) is 40.1 Å². The smallest absolute Gasteiger partial charge is 0.160 e. The first kappa shape index (κ1) is 12.1. The van der Waals surface area contributed by atoms with Crippen LogP contribution < -0.4 is 0 Å². The number of nitrogens with zero attached hydrogens (tertiary/aromatic N) is 3. The SMILES string of the molecule is O=S1(=O)CCCCC1c1nnc2n1CCC(O)C2. The summed E-state index contributed by atoms with van der Waals surface area (Å²) in [6.45, 7) is 0.616. The Kier molecular flexibility index (Phi) is 2.90. The summed E-state index contributed by atoms with van der Waals surface area (Å²) in [5, 5.41) is 17.2. The van der Waals surface area contributed by atoms with E-state index in [1.54, 1.807) is 0 Å². The van der Waals surface area contributed by atoms with Gasteiger partial charge in [0.15, 0.2) is 15.7 Å². The summed E-state index contributed by atoms with van der Waals surface area (Å²) in [7, 11) is -3.08. The van der Waals surface area contributed by atoms with Gasteiger partial charge in [-0.2, -0.15) is 0 Å². The number of hydrogen-bond acceptors (Lipinski definition) is 5. The van der Waals surface area contributed by atoms with Crippen molar-refractivity contribution >= 4 is 9.84 Å². The van der Waals surface area contributed by atoms with Crippen LogP contribution in [0.1, 0.15) is 42.6 Å². The lowest BCUT2D eigenvalue weighted by atomic mass is 10.1. The van der Waals surface area contributed by atoms with Crippen LogP contribution in [-0.2, 0) is 22.8 Å². The molecule has 1 N–H and O–H groups in total. The maximum atomic E-state index is 12.1. The molecule has 1 aromatic rings. The molecule has 0 saturated carbocycles. The zero-order valence-electron chi connectivity index (χ0n) is 10.1. The molecule has 2 unspecified atom stereocenters. The Morgan fingerprint density at radius 2 is 2.06 bits per heavy atom. The highest BCUT2D eigenvalue weighted by atomic mass is 32.2. The van der Waals surface area contributed by atoms with Crippen LogP contribution in [0.3, 0.4) is 0 Å². The van der Waals surface area contributed by atoms with E-state index in [2.05, 4.69) is 10.2 Å². The van der Waals surface area contributed by atoms with Crippen LogP contribution in [0, 0.1) is 0 Å². The Morgan fingerprint density at radius 3 is 2.83 bits per heavy atom. The maximum absolute atomic E-state index is 12.1. The lowest BCUT2D eigenvalue weighted by Gasteiger charge is -2.25. The van der Waals surface area contributed by atoms with Gasteiger partial charge in [0.1, 0.15) is 11.1 Å². The molecule has 2 aliphatic heterocycles. The van der Waals surface area contributed by atoms with Gasteiger partial charge in [-0.05, 0) is 19.3 Å². The molecule has 0 aromatic carbocycles. The van der Waals surface area contributed by atoms with Gasteiger partial charge in [0.25, 0.3) is 0 Å². The second-order valence-corrected chi connectivity index (χ2v) is 7.43. The predicted molar refractivity (Wildman–Crippen MR) is 64.7 cm³/mol. The van der Waals surface area contributed by atoms with Crippen molar-refractivity contribution in [3.05, 3.63) is 11.6 Å². The Bertz CT molecular complexity index is 552. The van der Waals surface area contributed by atoms with Crippen molar-refractivity contribution in [3.63, 3.8) is 0 Å². The van der Waals surface area contributed by atoms with Crippen molar-refractivity contribution < 1.29 is 13.5 Å². The molecule has 0 bridgehead atoms. The highest BCUT2D eigenvalue weighted by Crippen LogP contribution is 2.33. The fourth-order valence-electron chi connectivity index (χ4n) is 2.82. The van der Waals surface area contributed by atoms with Gasteiger partial charge < -0.3 is 9.67 Å². The topological polar surface area (TPSA) is 85.1 Å². The summed E-state index contributed by atoms with van der Waals surface area (Å²) in [6, 6.07) is 0. The predicted octanol–water partition coefficient (Wildman–Crippen LogP) is 0.225. The van der Waals surface area contributed by atoms with Gasteiger partial charge in [0.2, 0.25) is 0 Å². The van der Waals surface area contributed by atoms with Crippen molar-refractivity contribution in [1.82, 2.24) is 14.8 Å². The van der Waals surface area contributed by atoms with Crippen molar-refractivity contribution in [2.45, 2.75) is 50.0 Å². The number of aliphatic hydroxyl groups excluding tert-OH is 1. The highest BCUT2D eigenvalue weighted by Gasteiger charge is 2.35. The number of aromatic nitrogens is 3. The summed E-state index contributed by atoms with van der Waals surface area (Å²) in [4.78, 5) is 0. The van der Waals surface area contributed by atoms with E-state index >= 15 is 0 Å². The highest BCUT2D eigenvalue weighted by molar-refractivity contribution is 7.91. The molecule has 1 saturated heterocycles. The average Bonchev–Trinajstić information content (AvgIpc) is 2.71. The van der Waals surface area contributed by atoms with E-state index in [1.165, 1.54) is 0 Å². The molecular formula is C11H17N3O3S. The van der Waals surface area contributed by atoms with E-state index in [4.69, 9.17) is 0 Å². The molecular weight excluding hydrogens is 254 g/mol. The minimum atomic E-state index is -3.08. The van der Waals surface area contributed by atoms with Crippen LogP contribution in [0.15, 0.2) is 0 Å². The minimum absolute atomic E-state index is 0.252. The van der Waals surface area contributed by atoms with E-state index in [9.17, 15) is 13.5 Å². The number of hydrogen-bond donors (Lipinski definition) is 1. The second-order valence-electron chi connectivity index (χ2n) is 5.12. The van der Waals surface area contributed by atoms with Crippen molar-refractivity contribution in [2.24, 2.45) is 0 Å².